The molecule has 14 heavy (non-hydrogen) atoms. The number of hydrogen-bond donors (Lipinski definition) is 0. The summed E-state index contributed by atoms with van der Waals surface area (Å²) in [4.78, 5) is 3.61. The molecule has 0 aliphatic carbocycles. The Hall–Kier alpha value is -0.490. The number of ether oxygens (including phenoxy) is 1. The van der Waals surface area contributed by atoms with E-state index in [0.29, 0.717) is 4.47 Å². The Morgan fingerprint density at radius 1 is 1.50 bits per heavy atom. The topological polar surface area (TPSA) is 22.1 Å². The van der Waals surface area contributed by atoms with E-state index in [2.05, 4.69) is 25.7 Å². The van der Waals surface area contributed by atoms with E-state index in [1.165, 1.54) is 12.3 Å². The maximum Gasteiger partial charge on any atom is 0.422 e. The molecule has 0 saturated heterocycles. The van der Waals surface area contributed by atoms with Gasteiger partial charge >= 0.3 is 6.18 Å². The molecule has 0 atom stereocenters. The number of rotatable bonds is 2. The lowest BCUT2D eigenvalue weighted by atomic mass is 10.4. The molecule has 1 rings (SSSR count). The standard InChI is InChI=1S/C7H4BrClF3NO/c8-4-1-5(6(9)13-2-4)14-3-7(10,11)12/h1-2H,3H2. The van der Waals surface area contributed by atoms with Gasteiger partial charge in [0.15, 0.2) is 17.5 Å². The number of halogens is 5. The summed E-state index contributed by atoms with van der Waals surface area (Å²) in [6.07, 6.45) is -3.02. The lowest BCUT2D eigenvalue weighted by Gasteiger charge is -2.09. The first-order valence-corrected chi connectivity index (χ1v) is 4.56. The second-order valence-electron chi connectivity index (χ2n) is 2.35. The molecular formula is C7H4BrClF3NO. The van der Waals surface area contributed by atoms with E-state index < -0.39 is 12.8 Å². The first kappa shape index (κ1) is 11.6. The minimum absolute atomic E-state index is 0.0987. The van der Waals surface area contributed by atoms with Crippen molar-refractivity contribution in [3.63, 3.8) is 0 Å². The molecule has 78 valence electrons. The Balaban J connectivity index is 2.72. The van der Waals surface area contributed by atoms with Crippen molar-refractivity contribution in [1.82, 2.24) is 4.98 Å². The van der Waals surface area contributed by atoms with Crippen LogP contribution in [0.15, 0.2) is 16.7 Å². The maximum atomic E-state index is 11.8. The summed E-state index contributed by atoms with van der Waals surface area (Å²) in [7, 11) is 0. The first-order chi connectivity index (χ1) is 6.38. The number of hydrogen-bond acceptors (Lipinski definition) is 2. The average molecular weight is 290 g/mol. The van der Waals surface area contributed by atoms with Crippen molar-refractivity contribution in [2.24, 2.45) is 0 Å². The van der Waals surface area contributed by atoms with Crippen molar-refractivity contribution in [2.75, 3.05) is 6.61 Å². The zero-order chi connectivity index (χ0) is 10.8. The quantitative estimate of drug-likeness (QED) is 0.778. The molecule has 1 aromatic heterocycles. The van der Waals surface area contributed by atoms with Crippen molar-refractivity contribution in [3.8, 4) is 5.75 Å². The highest BCUT2D eigenvalue weighted by molar-refractivity contribution is 9.10. The molecule has 0 amide bonds. The summed E-state index contributed by atoms with van der Waals surface area (Å²) in [5.41, 5.74) is 0. The summed E-state index contributed by atoms with van der Waals surface area (Å²) >= 11 is 8.54. The van der Waals surface area contributed by atoms with E-state index in [0.717, 1.165) is 0 Å². The largest absolute Gasteiger partial charge is 0.481 e. The molecule has 1 aromatic rings. The molecule has 0 aliphatic rings. The summed E-state index contributed by atoms with van der Waals surface area (Å²) in [5.74, 6) is -0.0987. The Morgan fingerprint density at radius 3 is 2.71 bits per heavy atom. The molecule has 0 unspecified atom stereocenters. The highest BCUT2D eigenvalue weighted by atomic mass is 79.9. The van der Waals surface area contributed by atoms with Gasteiger partial charge in [-0.2, -0.15) is 13.2 Å². The van der Waals surface area contributed by atoms with Crippen molar-refractivity contribution in [2.45, 2.75) is 6.18 Å². The molecule has 2 nitrogen and oxygen atoms in total. The lowest BCUT2D eigenvalue weighted by Crippen LogP contribution is -2.19. The molecule has 7 heteroatoms. The third kappa shape index (κ3) is 3.71. The van der Waals surface area contributed by atoms with E-state index in [-0.39, 0.29) is 10.9 Å². The molecule has 0 N–H and O–H groups in total. The van der Waals surface area contributed by atoms with Crippen LogP contribution in [-0.2, 0) is 0 Å². The van der Waals surface area contributed by atoms with Crippen LogP contribution >= 0.6 is 27.5 Å². The molecular weight excluding hydrogens is 286 g/mol. The van der Waals surface area contributed by atoms with Crippen LogP contribution in [0.1, 0.15) is 0 Å². The molecule has 0 radical (unpaired) electrons. The smallest absolute Gasteiger partial charge is 0.422 e. The number of alkyl halides is 3. The van der Waals surface area contributed by atoms with Crippen LogP contribution in [0.2, 0.25) is 5.15 Å². The number of nitrogens with zero attached hydrogens (tertiary/aromatic N) is 1. The summed E-state index contributed by atoms with van der Waals surface area (Å²) in [5, 5.41) is -0.0996. The molecule has 0 bridgehead atoms. The summed E-state index contributed by atoms with van der Waals surface area (Å²) in [6.45, 7) is -1.38. The van der Waals surface area contributed by atoms with Gasteiger partial charge in [0.2, 0.25) is 0 Å². The molecule has 0 saturated carbocycles. The Kier molecular flexibility index (Phi) is 3.60. The fraction of sp³-hybridized carbons (Fsp3) is 0.286. The van der Waals surface area contributed by atoms with Crippen molar-refractivity contribution in [1.29, 1.82) is 0 Å². The van der Waals surface area contributed by atoms with Gasteiger partial charge < -0.3 is 4.74 Å². The van der Waals surface area contributed by atoms with Crippen LogP contribution in [0, 0.1) is 0 Å². The van der Waals surface area contributed by atoms with Crippen molar-refractivity contribution >= 4 is 27.5 Å². The number of aromatic nitrogens is 1. The summed E-state index contributed by atoms with van der Waals surface area (Å²) in [6, 6.07) is 1.32. The van der Waals surface area contributed by atoms with Gasteiger partial charge in [0.1, 0.15) is 0 Å². The second-order valence-corrected chi connectivity index (χ2v) is 3.62. The molecule has 1 heterocycles. The molecule has 0 aliphatic heterocycles. The van der Waals surface area contributed by atoms with Crippen LogP contribution in [-0.4, -0.2) is 17.8 Å². The van der Waals surface area contributed by atoms with Crippen molar-refractivity contribution < 1.29 is 17.9 Å². The van der Waals surface area contributed by atoms with E-state index >= 15 is 0 Å². The Bertz CT molecular complexity index is 331. The predicted octanol–water partition coefficient (Wildman–Crippen LogP) is 3.44. The molecule has 0 fully saturated rings. The van der Waals surface area contributed by atoms with Gasteiger partial charge in [0.25, 0.3) is 0 Å². The average Bonchev–Trinajstić information content (AvgIpc) is 2.05. The van der Waals surface area contributed by atoms with E-state index in [1.54, 1.807) is 0 Å². The van der Waals surface area contributed by atoms with Crippen LogP contribution < -0.4 is 4.74 Å². The Morgan fingerprint density at radius 2 is 2.14 bits per heavy atom. The minimum atomic E-state index is -4.38. The van der Waals surface area contributed by atoms with Crippen LogP contribution in [0.25, 0.3) is 0 Å². The van der Waals surface area contributed by atoms with Gasteiger partial charge in [-0.05, 0) is 22.0 Å². The van der Waals surface area contributed by atoms with Crippen molar-refractivity contribution in [3.05, 3.63) is 21.9 Å². The summed E-state index contributed by atoms with van der Waals surface area (Å²) < 4.78 is 40.3. The molecule has 0 spiro atoms. The maximum absolute atomic E-state index is 11.8. The van der Waals surface area contributed by atoms with Gasteiger partial charge in [-0.3, -0.25) is 0 Å². The zero-order valence-corrected chi connectivity index (χ0v) is 8.95. The fourth-order valence-corrected chi connectivity index (χ4v) is 1.13. The lowest BCUT2D eigenvalue weighted by molar-refractivity contribution is -0.153. The SMILES string of the molecule is FC(F)(F)COc1cc(Br)cnc1Cl. The fourth-order valence-electron chi connectivity index (χ4n) is 0.665. The van der Waals surface area contributed by atoms with E-state index in [1.807, 2.05) is 0 Å². The molecule has 0 aromatic carbocycles. The van der Waals surface area contributed by atoms with Gasteiger partial charge in [-0.25, -0.2) is 4.98 Å². The van der Waals surface area contributed by atoms with E-state index in [4.69, 9.17) is 11.6 Å². The van der Waals surface area contributed by atoms with Crippen LogP contribution in [0.5, 0.6) is 5.75 Å². The highest BCUT2D eigenvalue weighted by Crippen LogP contribution is 2.27. The van der Waals surface area contributed by atoms with Gasteiger partial charge in [-0.15, -0.1) is 0 Å². The van der Waals surface area contributed by atoms with Gasteiger partial charge in [0.05, 0.1) is 0 Å². The van der Waals surface area contributed by atoms with Crippen LogP contribution in [0.4, 0.5) is 13.2 Å². The monoisotopic (exact) mass is 289 g/mol. The van der Waals surface area contributed by atoms with Gasteiger partial charge in [-0.1, -0.05) is 11.6 Å². The van der Waals surface area contributed by atoms with Gasteiger partial charge in [0, 0.05) is 10.7 Å². The first-order valence-electron chi connectivity index (χ1n) is 3.39. The number of pyridine rings is 1. The van der Waals surface area contributed by atoms with E-state index in [9.17, 15) is 13.2 Å². The Labute approximate surface area is 91.2 Å². The second kappa shape index (κ2) is 4.35. The minimum Gasteiger partial charge on any atom is -0.481 e. The van der Waals surface area contributed by atoms with Crippen LogP contribution in [0.3, 0.4) is 0 Å². The third-order valence-electron chi connectivity index (χ3n) is 1.16. The normalized spacial score (nSPS) is 11.5. The highest BCUT2D eigenvalue weighted by Gasteiger charge is 2.28. The zero-order valence-electron chi connectivity index (χ0n) is 6.61. The third-order valence-corrected chi connectivity index (χ3v) is 1.88. The predicted molar refractivity (Wildman–Crippen MR) is 48.5 cm³/mol.